The van der Waals surface area contributed by atoms with Crippen LogP contribution >= 0.6 is 11.8 Å². The van der Waals surface area contributed by atoms with E-state index in [1.807, 2.05) is 0 Å². The number of thioether (sulfide) groups is 1. The summed E-state index contributed by atoms with van der Waals surface area (Å²) < 4.78 is 10.1. The van der Waals surface area contributed by atoms with Crippen molar-refractivity contribution < 1.29 is 19.1 Å². The number of esters is 2. The predicted octanol–water partition coefficient (Wildman–Crippen LogP) is 3.19. The van der Waals surface area contributed by atoms with Crippen molar-refractivity contribution in [3.63, 3.8) is 0 Å². The lowest BCUT2D eigenvalue weighted by molar-refractivity contribution is -0.140. The summed E-state index contributed by atoms with van der Waals surface area (Å²) in [6, 6.07) is 0. The van der Waals surface area contributed by atoms with Gasteiger partial charge in [0.25, 0.3) is 0 Å². The van der Waals surface area contributed by atoms with E-state index >= 15 is 0 Å². The first-order valence-corrected chi connectivity index (χ1v) is 8.25. The lowest BCUT2D eigenvalue weighted by Gasteiger charge is -2.05. The summed E-state index contributed by atoms with van der Waals surface area (Å²) in [5, 5.41) is 0. The molecule has 0 rings (SSSR count). The van der Waals surface area contributed by atoms with Crippen molar-refractivity contribution in [3.8, 4) is 0 Å². The molecular weight excluding hydrogens is 264 g/mol. The van der Waals surface area contributed by atoms with Crippen LogP contribution < -0.4 is 0 Å². The Morgan fingerprint density at radius 2 is 1.21 bits per heavy atom. The smallest absolute Gasteiger partial charge is 0.315 e. The highest BCUT2D eigenvalue weighted by atomic mass is 32.2. The predicted molar refractivity (Wildman–Crippen MR) is 78.3 cm³/mol. The molecule has 5 heteroatoms. The van der Waals surface area contributed by atoms with Gasteiger partial charge in [-0.15, -0.1) is 11.8 Å². The molecule has 0 heterocycles. The first-order valence-electron chi connectivity index (χ1n) is 7.09. The molecule has 0 aliphatic rings. The Morgan fingerprint density at radius 3 is 1.58 bits per heavy atom. The van der Waals surface area contributed by atoms with Crippen molar-refractivity contribution in [2.24, 2.45) is 0 Å². The van der Waals surface area contributed by atoms with Crippen LogP contribution in [0.3, 0.4) is 0 Å². The van der Waals surface area contributed by atoms with Gasteiger partial charge in [0.1, 0.15) is 0 Å². The van der Waals surface area contributed by atoms with Gasteiger partial charge in [-0.05, 0) is 12.8 Å². The van der Waals surface area contributed by atoms with E-state index < -0.39 is 0 Å². The van der Waals surface area contributed by atoms with Crippen LogP contribution in [0, 0.1) is 0 Å². The van der Waals surface area contributed by atoms with Gasteiger partial charge < -0.3 is 9.47 Å². The van der Waals surface area contributed by atoms with Gasteiger partial charge in [0.2, 0.25) is 0 Å². The first kappa shape index (κ1) is 18.3. The third-order valence-electron chi connectivity index (χ3n) is 2.46. The molecule has 112 valence electrons. The number of hydrogen-bond donors (Lipinski definition) is 0. The minimum absolute atomic E-state index is 0.218. The number of hydrogen-bond acceptors (Lipinski definition) is 5. The molecule has 0 aliphatic carbocycles. The summed E-state index contributed by atoms with van der Waals surface area (Å²) in [5.74, 6) is -0.0633. The number of carbonyl (C=O) groups is 2. The standard InChI is InChI=1S/C14H26O4S/c1-3-5-7-9-17-13(15)11-19-12-14(16)18-10-8-6-4-2/h3-12H2,1-2H3. The highest BCUT2D eigenvalue weighted by Crippen LogP contribution is 2.04. The van der Waals surface area contributed by atoms with Crippen LogP contribution in [0.2, 0.25) is 0 Å². The third-order valence-corrected chi connectivity index (χ3v) is 3.34. The van der Waals surface area contributed by atoms with Crippen LogP contribution in [0.15, 0.2) is 0 Å². The van der Waals surface area contributed by atoms with Crippen LogP contribution in [0.5, 0.6) is 0 Å². The summed E-state index contributed by atoms with van der Waals surface area (Å²) in [4.78, 5) is 22.6. The Bertz CT molecular complexity index is 220. The van der Waals surface area contributed by atoms with E-state index in [0.29, 0.717) is 13.2 Å². The maximum absolute atomic E-state index is 11.3. The molecule has 0 fully saturated rings. The molecule has 0 aromatic heterocycles. The summed E-state index contributed by atoms with van der Waals surface area (Å²) in [7, 11) is 0. The minimum Gasteiger partial charge on any atom is -0.465 e. The second-order valence-electron chi connectivity index (χ2n) is 4.35. The Labute approximate surface area is 120 Å². The molecule has 0 aromatic rings. The average molecular weight is 290 g/mol. The molecule has 0 amide bonds. The highest BCUT2D eigenvalue weighted by molar-refractivity contribution is 8.00. The Kier molecular flexibility index (Phi) is 13.2. The second kappa shape index (κ2) is 13.7. The zero-order valence-electron chi connectivity index (χ0n) is 12.1. The fourth-order valence-electron chi connectivity index (χ4n) is 1.38. The fraction of sp³-hybridized carbons (Fsp3) is 0.857. The molecule has 0 spiro atoms. The van der Waals surface area contributed by atoms with Crippen LogP contribution in [0.1, 0.15) is 52.4 Å². The number of ether oxygens (including phenoxy) is 2. The van der Waals surface area contributed by atoms with E-state index in [2.05, 4.69) is 13.8 Å². The normalized spacial score (nSPS) is 10.2. The molecule has 0 N–H and O–H groups in total. The average Bonchev–Trinajstić information content (AvgIpc) is 2.40. The molecule has 0 radical (unpaired) electrons. The minimum atomic E-state index is -0.250. The zero-order valence-corrected chi connectivity index (χ0v) is 12.9. The molecule has 0 saturated carbocycles. The van der Waals surface area contributed by atoms with Crippen molar-refractivity contribution in [2.45, 2.75) is 52.4 Å². The van der Waals surface area contributed by atoms with E-state index in [1.54, 1.807) is 0 Å². The maximum Gasteiger partial charge on any atom is 0.315 e. The van der Waals surface area contributed by atoms with Gasteiger partial charge in [-0.2, -0.15) is 0 Å². The Balaban J connectivity index is 3.35. The largest absolute Gasteiger partial charge is 0.465 e. The van der Waals surface area contributed by atoms with Crippen LogP contribution in [0.4, 0.5) is 0 Å². The lowest BCUT2D eigenvalue weighted by atomic mass is 10.3. The Morgan fingerprint density at radius 1 is 0.789 bits per heavy atom. The molecule has 19 heavy (non-hydrogen) atoms. The van der Waals surface area contributed by atoms with Gasteiger partial charge in [0, 0.05) is 0 Å². The number of unbranched alkanes of at least 4 members (excludes halogenated alkanes) is 4. The molecule has 0 aliphatic heterocycles. The SMILES string of the molecule is CCCCCOC(=O)CSCC(=O)OCCCCC. The molecular formula is C14H26O4S. The van der Waals surface area contributed by atoms with E-state index in [0.717, 1.165) is 38.5 Å². The fourth-order valence-corrected chi connectivity index (χ4v) is 1.98. The van der Waals surface area contributed by atoms with Crippen molar-refractivity contribution >= 4 is 23.7 Å². The second-order valence-corrected chi connectivity index (χ2v) is 5.33. The van der Waals surface area contributed by atoms with Crippen molar-refractivity contribution in [1.82, 2.24) is 0 Å². The molecule has 4 nitrogen and oxygen atoms in total. The van der Waals surface area contributed by atoms with Gasteiger partial charge in [-0.1, -0.05) is 39.5 Å². The van der Waals surface area contributed by atoms with E-state index in [-0.39, 0.29) is 23.4 Å². The van der Waals surface area contributed by atoms with Crippen molar-refractivity contribution in [2.75, 3.05) is 24.7 Å². The molecule has 0 atom stereocenters. The summed E-state index contributed by atoms with van der Waals surface area (Å²) >= 11 is 1.25. The molecule has 0 bridgehead atoms. The summed E-state index contributed by atoms with van der Waals surface area (Å²) in [5.41, 5.74) is 0. The van der Waals surface area contributed by atoms with Gasteiger partial charge >= 0.3 is 11.9 Å². The highest BCUT2D eigenvalue weighted by Gasteiger charge is 2.07. The Hall–Kier alpha value is -0.710. The van der Waals surface area contributed by atoms with Gasteiger partial charge in [0.15, 0.2) is 0 Å². The molecule has 0 unspecified atom stereocenters. The third kappa shape index (κ3) is 13.5. The number of rotatable bonds is 12. The summed E-state index contributed by atoms with van der Waals surface area (Å²) in [6.45, 7) is 5.16. The molecule has 0 aromatic carbocycles. The van der Waals surface area contributed by atoms with Gasteiger partial charge in [0.05, 0.1) is 24.7 Å². The monoisotopic (exact) mass is 290 g/mol. The van der Waals surface area contributed by atoms with Crippen LogP contribution in [-0.2, 0) is 19.1 Å². The molecule has 0 saturated heterocycles. The van der Waals surface area contributed by atoms with Crippen LogP contribution in [0.25, 0.3) is 0 Å². The maximum atomic E-state index is 11.3. The van der Waals surface area contributed by atoms with Crippen molar-refractivity contribution in [1.29, 1.82) is 0 Å². The summed E-state index contributed by atoms with van der Waals surface area (Å²) in [6.07, 6.45) is 6.18. The quantitative estimate of drug-likeness (QED) is 0.408. The van der Waals surface area contributed by atoms with Crippen LogP contribution in [-0.4, -0.2) is 36.7 Å². The lowest BCUT2D eigenvalue weighted by Crippen LogP contribution is -2.13. The first-order chi connectivity index (χ1) is 9.20. The van der Waals surface area contributed by atoms with Crippen molar-refractivity contribution in [3.05, 3.63) is 0 Å². The van der Waals surface area contributed by atoms with Gasteiger partial charge in [-0.25, -0.2) is 0 Å². The van der Waals surface area contributed by atoms with E-state index in [9.17, 15) is 9.59 Å². The zero-order chi connectivity index (χ0) is 14.3. The van der Waals surface area contributed by atoms with Gasteiger partial charge in [-0.3, -0.25) is 9.59 Å². The van der Waals surface area contributed by atoms with E-state index in [4.69, 9.17) is 9.47 Å². The van der Waals surface area contributed by atoms with E-state index in [1.165, 1.54) is 11.8 Å². The topological polar surface area (TPSA) is 52.6 Å². The number of carbonyl (C=O) groups excluding carboxylic acids is 2.